The summed E-state index contributed by atoms with van der Waals surface area (Å²) in [7, 11) is 13.5. The zero-order valence-electron chi connectivity index (χ0n) is 24.8. The molecule has 0 saturated heterocycles. The Morgan fingerprint density at radius 2 is 1.37 bits per heavy atom. The highest BCUT2D eigenvalue weighted by Gasteiger charge is 2.22. The first kappa shape index (κ1) is 37.0. The predicted molar refractivity (Wildman–Crippen MR) is 177 cm³/mol. The van der Waals surface area contributed by atoms with Crippen LogP contribution in [0.25, 0.3) is 0 Å². The van der Waals surface area contributed by atoms with Crippen LogP contribution < -0.4 is 14.4 Å². The molecule has 1 aliphatic rings. The minimum Gasteiger partial charge on any atom is -0.368 e. The molecule has 218 valence electrons. The second-order valence-electron chi connectivity index (χ2n) is 11.8. The Morgan fingerprint density at radius 1 is 0.789 bits per heavy atom. The van der Waals surface area contributed by atoms with Gasteiger partial charge in [-0.15, -0.1) is 50.9 Å². The van der Waals surface area contributed by atoms with Gasteiger partial charge in [0.05, 0.1) is 92.2 Å². The normalized spacial score (nSPS) is 13.6. The number of hydrogen-bond donors (Lipinski definition) is 0. The van der Waals surface area contributed by atoms with Gasteiger partial charge in [0.25, 0.3) is 0 Å². The van der Waals surface area contributed by atoms with Crippen molar-refractivity contribution in [3.8, 4) is 0 Å². The number of azo groups is 1. The molecule has 0 saturated carbocycles. The third-order valence-corrected chi connectivity index (χ3v) is 6.69. The number of aryl methyl sites for hydroxylation is 2. The molecule has 11 heteroatoms. The van der Waals surface area contributed by atoms with Gasteiger partial charge in [-0.1, -0.05) is 5.11 Å². The Labute approximate surface area is 262 Å². The van der Waals surface area contributed by atoms with Gasteiger partial charge in [0, 0.05) is 44.1 Å². The van der Waals surface area contributed by atoms with E-state index in [0.29, 0.717) is 0 Å². The summed E-state index contributed by atoms with van der Waals surface area (Å²) in [5.41, 5.74) is 3.49. The number of rotatable bonds is 12. The van der Waals surface area contributed by atoms with Crippen molar-refractivity contribution < 1.29 is 13.5 Å². The first-order valence-corrected chi connectivity index (χ1v) is 13.3. The van der Waals surface area contributed by atoms with E-state index in [9.17, 15) is 0 Å². The van der Waals surface area contributed by atoms with E-state index in [0.717, 1.165) is 85.8 Å². The number of halogens is 3. The van der Waals surface area contributed by atoms with E-state index in [1.54, 1.807) is 0 Å². The molecule has 2 aromatic rings. The fourth-order valence-corrected chi connectivity index (χ4v) is 4.69. The van der Waals surface area contributed by atoms with E-state index in [-0.39, 0.29) is 50.9 Å². The topological polar surface area (TPSA) is 40.0 Å². The fraction of sp³-hybridized carbons (Fsp3) is 0.667. The molecule has 0 atom stereocenters. The Kier molecular flexibility index (Phi) is 15.9. The second-order valence-corrected chi connectivity index (χ2v) is 11.8. The lowest BCUT2D eigenvalue weighted by atomic mass is 10.1. The predicted octanol–water partition coefficient (Wildman–Crippen LogP) is 5.78. The fourth-order valence-electron chi connectivity index (χ4n) is 4.69. The molecule has 3 rings (SSSR count). The van der Waals surface area contributed by atoms with Crippen LogP contribution in [0.2, 0.25) is 0 Å². The van der Waals surface area contributed by atoms with Crippen molar-refractivity contribution in [1.82, 2.24) is 4.57 Å². The zero-order valence-corrected chi connectivity index (χ0v) is 29.9. The maximum absolute atomic E-state index is 4.81. The maximum Gasteiger partial charge on any atom is 0.421 e. The van der Waals surface area contributed by atoms with E-state index in [2.05, 4.69) is 106 Å². The lowest BCUT2D eigenvalue weighted by Gasteiger charge is -2.38. The van der Waals surface area contributed by atoms with Gasteiger partial charge >= 0.3 is 5.95 Å². The van der Waals surface area contributed by atoms with Crippen LogP contribution in [0.1, 0.15) is 26.7 Å². The molecular weight excluding hydrogens is 676 g/mol. The molecule has 0 N–H and O–H groups in total. The summed E-state index contributed by atoms with van der Waals surface area (Å²) in [6.07, 6.45) is 6.55. The standard InChI is InChI=1S/C27H49N8.3BrH/c1-9-30-17-18-31(10-2)26-23-24(13-14-25(26)30)28-29-27-32(15-11-21-34(3,4)5)19-20-33(27)16-12-22-35(6,7)8;;;/h13-14,19-20,23H,9-12,15-18,21-22H2,1-8H3;3*1H/q+3;;;. The summed E-state index contributed by atoms with van der Waals surface area (Å²) in [6, 6.07) is 6.52. The third kappa shape index (κ3) is 10.9. The number of likely N-dealkylation sites (N-methyl/N-ethyl adjacent to an activating group) is 2. The molecule has 2 heterocycles. The molecule has 38 heavy (non-hydrogen) atoms. The number of aromatic nitrogens is 2. The van der Waals surface area contributed by atoms with Gasteiger partial charge in [-0.25, -0.2) is 9.13 Å². The van der Waals surface area contributed by atoms with Crippen molar-refractivity contribution in [3.63, 3.8) is 0 Å². The van der Waals surface area contributed by atoms with Crippen molar-refractivity contribution in [1.29, 1.82) is 0 Å². The molecule has 0 radical (unpaired) electrons. The molecule has 8 nitrogen and oxygen atoms in total. The molecule has 1 aromatic carbocycles. The lowest BCUT2D eigenvalue weighted by Crippen LogP contribution is -2.40. The van der Waals surface area contributed by atoms with Crippen molar-refractivity contribution in [2.45, 2.75) is 39.8 Å². The van der Waals surface area contributed by atoms with Crippen LogP contribution in [0, 0.1) is 0 Å². The van der Waals surface area contributed by atoms with Crippen LogP contribution in [0.3, 0.4) is 0 Å². The van der Waals surface area contributed by atoms with Gasteiger partial charge < -0.3 is 18.8 Å². The first-order valence-electron chi connectivity index (χ1n) is 13.3. The Hall–Kier alpha value is -1.01. The highest BCUT2D eigenvalue weighted by Crippen LogP contribution is 2.36. The van der Waals surface area contributed by atoms with E-state index in [4.69, 9.17) is 10.2 Å². The van der Waals surface area contributed by atoms with Crippen molar-refractivity contribution in [2.75, 3.05) is 91.4 Å². The lowest BCUT2D eigenvalue weighted by molar-refractivity contribution is -0.873. The largest absolute Gasteiger partial charge is 0.421 e. The summed E-state index contributed by atoms with van der Waals surface area (Å²) >= 11 is 0. The van der Waals surface area contributed by atoms with E-state index in [1.165, 1.54) is 11.4 Å². The van der Waals surface area contributed by atoms with Gasteiger partial charge in [0.2, 0.25) is 0 Å². The van der Waals surface area contributed by atoms with Crippen molar-refractivity contribution in [2.24, 2.45) is 10.2 Å². The molecule has 0 spiro atoms. The molecule has 1 aromatic heterocycles. The number of quaternary nitrogens is 2. The van der Waals surface area contributed by atoms with Gasteiger partial charge in [0.15, 0.2) is 0 Å². The number of hydrogen-bond acceptors (Lipinski definition) is 4. The Balaban J connectivity index is 0.00000456. The molecule has 0 fully saturated rings. The molecule has 0 bridgehead atoms. The van der Waals surface area contributed by atoms with Crippen LogP contribution in [-0.2, 0) is 13.1 Å². The Bertz CT molecular complexity index is 958. The summed E-state index contributed by atoms with van der Waals surface area (Å²) in [5.74, 6) is 0.938. The highest BCUT2D eigenvalue weighted by atomic mass is 79.9. The zero-order chi connectivity index (χ0) is 25.6. The van der Waals surface area contributed by atoms with E-state index in [1.807, 2.05) is 0 Å². The number of fused-ring (bicyclic) bond motifs is 1. The van der Waals surface area contributed by atoms with Crippen LogP contribution in [0.5, 0.6) is 0 Å². The maximum atomic E-state index is 4.81. The molecular formula is C27H52Br3N8+3. The number of benzene rings is 1. The van der Waals surface area contributed by atoms with Gasteiger partial charge in [-0.05, 0) is 32.0 Å². The number of nitrogens with zero attached hydrogens (tertiary/aromatic N) is 8. The number of imidazole rings is 1. The van der Waals surface area contributed by atoms with Crippen LogP contribution in [-0.4, -0.2) is 95.1 Å². The minimum atomic E-state index is 0. The van der Waals surface area contributed by atoms with Gasteiger partial charge in [-0.2, -0.15) is 0 Å². The smallest absolute Gasteiger partial charge is 0.368 e. The summed E-state index contributed by atoms with van der Waals surface area (Å²) in [4.78, 5) is 4.89. The minimum absolute atomic E-state index is 0. The average molecular weight is 728 g/mol. The SMILES string of the molecule is Br.Br.Br.CCN1CCN(CC)c2cc(N=Nc3n(CCC[N+](C)(C)C)cc[n+]3CCC[N+](C)(C)C)ccc21. The molecule has 0 unspecified atom stereocenters. The monoisotopic (exact) mass is 725 g/mol. The van der Waals surface area contributed by atoms with Gasteiger partial charge in [-0.3, -0.25) is 0 Å². The molecule has 0 amide bonds. The van der Waals surface area contributed by atoms with Crippen molar-refractivity contribution in [3.05, 3.63) is 30.6 Å². The van der Waals surface area contributed by atoms with Crippen LogP contribution in [0.15, 0.2) is 40.8 Å². The highest BCUT2D eigenvalue weighted by molar-refractivity contribution is 8.93. The summed E-state index contributed by atoms with van der Waals surface area (Å²) < 4.78 is 6.47. The quantitative estimate of drug-likeness (QED) is 0.158. The second kappa shape index (κ2) is 16.3. The van der Waals surface area contributed by atoms with Crippen molar-refractivity contribution >= 4 is 74.0 Å². The van der Waals surface area contributed by atoms with Crippen LogP contribution >= 0.6 is 50.9 Å². The average Bonchev–Trinajstić information content (AvgIpc) is 3.16. The summed E-state index contributed by atoms with van der Waals surface area (Å²) in [5, 5.41) is 9.56. The van der Waals surface area contributed by atoms with Gasteiger partial charge in [0.1, 0.15) is 5.69 Å². The molecule has 1 aliphatic heterocycles. The third-order valence-electron chi connectivity index (χ3n) is 6.69. The summed E-state index contributed by atoms with van der Waals surface area (Å²) in [6.45, 7) is 12.8. The Morgan fingerprint density at radius 3 is 1.95 bits per heavy atom. The van der Waals surface area contributed by atoms with E-state index < -0.39 is 0 Å². The number of anilines is 2. The van der Waals surface area contributed by atoms with E-state index >= 15 is 0 Å². The molecule has 0 aliphatic carbocycles. The first-order chi connectivity index (χ1) is 16.5. The van der Waals surface area contributed by atoms with Crippen LogP contribution in [0.4, 0.5) is 23.0 Å².